The predicted octanol–water partition coefficient (Wildman–Crippen LogP) is 4.28. The lowest BCUT2D eigenvalue weighted by molar-refractivity contribution is -0.161. The van der Waals surface area contributed by atoms with Gasteiger partial charge in [0.25, 0.3) is 5.91 Å². The van der Waals surface area contributed by atoms with Gasteiger partial charge in [0.1, 0.15) is 11.5 Å². The molecule has 0 atom stereocenters. The fourth-order valence-electron chi connectivity index (χ4n) is 2.06. The molecule has 0 unspecified atom stereocenters. The van der Waals surface area contributed by atoms with Crippen molar-refractivity contribution < 1.29 is 32.6 Å². The number of ether oxygens (including phenoxy) is 3. The van der Waals surface area contributed by atoms with Gasteiger partial charge >= 0.3 is 12.6 Å². The normalized spacial score (nSPS) is 11.1. The summed E-state index contributed by atoms with van der Waals surface area (Å²) in [6.45, 7) is -0.465. The van der Waals surface area contributed by atoms with Crippen LogP contribution in [-0.2, 0) is 14.3 Å². The molecule has 6 nitrogen and oxygen atoms in total. The van der Waals surface area contributed by atoms with Gasteiger partial charge < -0.3 is 19.5 Å². The maximum absolute atomic E-state index is 12.2. The lowest BCUT2D eigenvalue weighted by Crippen LogP contribution is -2.41. The minimum atomic E-state index is -2.93. The van der Waals surface area contributed by atoms with Gasteiger partial charge in [0.05, 0.1) is 0 Å². The molecular weight excluding hydrogens is 396 g/mol. The molecule has 1 amide bonds. The topological polar surface area (TPSA) is 73.9 Å². The zero-order valence-corrected chi connectivity index (χ0v) is 15.8. The Bertz CT molecular complexity index is 810. The first-order chi connectivity index (χ1) is 13.2. The summed E-state index contributed by atoms with van der Waals surface area (Å²) >= 11 is 5.80. The average molecular weight is 414 g/mol. The summed E-state index contributed by atoms with van der Waals surface area (Å²) in [4.78, 5) is 24.1. The number of nitrogens with one attached hydrogen (secondary N) is 1. The Hall–Kier alpha value is -2.87. The number of carbonyl (C=O) groups is 2. The van der Waals surface area contributed by atoms with Crippen LogP contribution in [0.4, 0.5) is 14.5 Å². The molecule has 0 spiro atoms. The molecule has 150 valence electrons. The second-order valence-corrected chi connectivity index (χ2v) is 6.53. The van der Waals surface area contributed by atoms with E-state index >= 15 is 0 Å². The Morgan fingerprint density at radius 1 is 1.04 bits per heavy atom. The molecule has 2 aromatic carbocycles. The molecule has 9 heteroatoms. The summed E-state index contributed by atoms with van der Waals surface area (Å²) in [5.74, 6) is -0.959. The predicted molar refractivity (Wildman–Crippen MR) is 98.8 cm³/mol. The Balaban J connectivity index is 1.83. The molecule has 0 heterocycles. The van der Waals surface area contributed by atoms with Gasteiger partial charge in [-0.2, -0.15) is 8.78 Å². The van der Waals surface area contributed by atoms with Crippen molar-refractivity contribution in [2.75, 3.05) is 11.9 Å². The van der Waals surface area contributed by atoms with Gasteiger partial charge in [-0.25, -0.2) is 4.79 Å². The maximum atomic E-state index is 12.2. The number of esters is 1. The van der Waals surface area contributed by atoms with Crippen LogP contribution in [0.25, 0.3) is 0 Å². The summed E-state index contributed by atoms with van der Waals surface area (Å²) in [6, 6.07) is 11.7. The number of carbonyl (C=O) groups excluding carboxylic acids is 2. The van der Waals surface area contributed by atoms with Crippen molar-refractivity contribution >= 4 is 29.2 Å². The first kappa shape index (κ1) is 21.4. The number of anilines is 1. The molecule has 2 aromatic rings. The Morgan fingerprint density at radius 2 is 1.61 bits per heavy atom. The van der Waals surface area contributed by atoms with Crippen molar-refractivity contribution in [3.05, 3.63) is 53.6 Å². The largest absolute Gasteiger partial charge is 0.476 e. The number of alkyl halides is 2. The van der Waals surface area contributed by atoms with Crippen molar-refractivity contribution in [3.8, 4) is 11.5 Å². The van der Waals surface area contributed by atoms with Gasteiger partial charge in [0.2, 0.25) is 0 Å². The molecule has 0 aliphatic carbocycles. The molecule has 0 aromatic heterocycles. The number of halogens is 3. The summed E-state index contributed by atoms with van der Waals surface area (Å²) in [6.07, 6.45) is 0. The van der Waals surface area contributed by atoms with Crippen molar-refractivity contribution in [3.63, 3.8) is 0 Å². The lowest BCUT2D eigenvalue weighted by atomic mass is 10.1. The number of hydrogen-bond donors (Lipinski definition) is 1. The van der Waals surface area contributed by atoms with E-state index in [1.165, 1.54) is 38.1 Å². The third-order valence-electron chi connectivity index (χ3n) is 3.38. The molecule has 0 radical (unpaired) electrons. The highest BCUT2D eigenvalue weighted by Gasteiger charge is 2.32. The van der Waals surface area contributed by atoms with Crippen molar-refractivity contribution in [1.29, 1.82) is 0 Å². The summed E-state index contributed by atoms with van der Waals surface area (Å²) in [7, 11) is 0. The van der Waals surface area contributed by atoms with E-state index in [-0.39, 0.29) is 5.75 Å². The second-order valence-electron chi connectivity index (χ2n) is 6.09. The highest BCUT2D eigenvalue weighted by Crippen LogP contribution is 2.22. The fourth-order valence-corrected chi connectivity index (χ4v) is 2.19. The standard InChI is InChI=1S/C19H18ClF2NO5/c1-19(2,28-15-7-3-12(20)4-8-15)17(25)26-11-16(24)23-13-5-9-14(10-6-13)27-18(21)22/h3-10,18H,11H2,1-2H3,(H,23,24). The molecule has 0 aliphatic heterocycles. The van der Waals surface area contributed by atoms with Crippen LogP contribution in [0.1, 0.15) is 13.8 Å². The van der Waals surface area contributed by atoms with Gasteiger partial charge in [-0.1, -0.05) is 11.6 Å². The zero-order chi connectivity index (χ0) is 20.7. The van der Waals surface area contributed by atoms with Crippen LogP contribution in [0.15, 0.2) is 48.5 Å². The van der Waals surface area contributed by atoms with E-state index < -0.39 is 30.7 Å². The molecule has 0 bridgehead atoms. The van der Waals surface area contributed by atoms with Gasteiger partial charge in [0, 0.05) is 10.7 Å². The molecule has 0 saturated carbocycles. The van der Waals surface area contributed by atoms with Crippen molar-refractivity contribution in [2.24, 2.45) is 0 Å². The molecule has 0 fully saturated rings. The van der Waals surface area contributed by atoms with Gasteiger partial charge in [-0.3, -0.25) is 4.79 Å². The molecule has 0 aliphatic rings. The highest BCUT2D eigenvalue weighted by molar-refractivity contribution is 6.30. The van der Waals surface area contributed by atoms with E-state index in [2.05, 4.69) is 10.1 Å². The van der Waals surface area contributed by atoms with Gasteiger partial charge in [0.15, 0.2) is 12.2 Å². The van der Waals surface area contributed by atoms with Gasteiger partial charge in [-0.05, 0) is 62.4 Å². The quantitative estimate of drug-likeness (QED) is 0.654. The first-order valence-corrected chi connectivity index (χ1v) is 8.50. The van der Waals surface area contributed by atoms with Crippen LogP contribution in [0, 0.1) is 0 Å². The number of benzene rings is 2. The Labute approximate surface area is 165 Å². The maximum Gasteiger partial charge on any atom is 0.387 e. The van der Waals surface area contributed by atoms with E-state index in [0.717, 1.165) is 0 Å². The van der Waals surface area contributed by atoms with Crippen LogP contribution < -0.4 is 14.8 Å². The lowest BCUT2D eigenvalue weighted by Gasteiger charge is -2.24. The minimum absolute atomic E-state index is 0.0412. The summed E-state index contributed by atoms with van der Waals surface area (Å²) < 4.78 is 39.0. The fraction of sp³-hybridized carbons (Fsp3) is 0.263. The smallest absolute Gasteiger partial charge is 0.387 e. The Kier molecular flexibility index (Phi) is 7.17. The van der Waals surface area contributed by atoms with Crippen LogP contribution in [0.5, 0.6) is 11.5 Å². The van der Waals surface area contributed by atoms with Crippen LogP contribution >= 0.6 is 11.6 Å². The molecular formula is C19H18ClF2NO5. The molecule has 28 heavy (non-hydrogen) atoms. The van der Waals surface area contributed by atoms with Crippen molar-refractivity contribution in [1.82, 2.24) is 0 Å². The SMILES string of the molecule is CC(C)(Oc1ccc(Cl)cc1)C(=O)OCC(=O)Nc1ccc(OC(F)F)cc1. The second kappa shape index (κ2) is 9.36. The molecule has 2 rings (SSSR count). The zero-order valence-electron chi connectivity index (χ0n) is 15.1. The van der Waals surface area contributed by atoms with Crippen LogP contribution in [0.2, 0.25) is 5.02 Å². The summed E-state index contributed by atoms with van der Waals surface area (Å²) in [5, 5.41) is 3.00. The number of rotatable bonds is 8. The average Bonchev–Trinajstić information content (AvgIpc) is 2.62. The van der Waals surface area contributed by atoms with E-state index in [1.54, 1.807) is 24.3 Å². The number of amides is 1. The third kappa shape index (κ3) is 6.70. The minimum Gasteiger partial charge on any atom is -0.476 e. The number of hydrogen-bond acceptors (Lipinski definition) is 5. The molecule has 0 saturated heterocycles. The molecule has 1 N–H and O–H groups in total. The first-order valence-electron chi connectivity index (χ1n) is 8.12. The van der Waals surface area contributed by atoms with Crippen LogP contribution in [0.3, 0.4) is 0 Å². The van der Waals surface area contributed by atoms with E-state index in [9.17, 15) is 18.4 Å². The highest BCUT2D eigenvalue weighted by atomic mass is 35.5. The Morgan fingerprint density at radius 3 is 2.18 bits per heavy atom. The van der Waals surface area contributed by atoms with E-state index in [4.69, 9.17) is 21.1 Å². The van der Waals surface area contributed by atoms with Crippen LogP contribution in [-0.4, -0.2) is 30.7 Å². The van der Waals surface area contributed by atoms with E-state index in [0.29, 0.717) is 16.5 Å². The van der Waals surface area contributed by atoms with E-state index in [1.807, 2.05) is 0 Å². The summed E-state index contributed by atoms with van der Waals surface area (Å²) in [5.41, 5.74) is -0.998. The monoisotopic (exact) mass is 413 g/mol. The van der Waals surface area contributed by atoms with Gasteiger partial charge in [-0.15, -0.1) is 0 Å². The third-order valence-corrected chi connectivity index (χ3v) is 3.63. The van der Waals surface area contributed by atoms with Crippen molar-refractivity contribution in [2.45, 2.75) is 26.1 Å².